The SMILES string of the molecule is CCCCC1(CCN(C)C)C(=O)NC(=S)NC1=O.Cl. The smallest absolute Gasteiger partial charge is 0.241 e. The predicted octanol–water partition coefficient (Wildman–Crippen LogP) is 1.07. The molecule has 0 saturated carbocycles. The standard InChI is InChI=1S/C12H21N3O2S.ClH/c1-4-5-6-12(7-8-15(2)3)9(16)13-11(18)14-10(12)17;/h4-8H2,1-3H3,(H2,13,14,16,17,18);1H. The van der Waals surface area contributed by atoms with Crippen molar-refractivity contribution in [2.24, 2.45) is 5.41 Å². The second kappa shape index (κ2) is 7.77. The Morgan fingerprint density at radius 3 is 2.11 bits per heavy atom. The molecule has 1 aliphatic rings. The van der Waals surface area contributed by atoms with E-state index in [1.165, 1.54) is 0 Å². The Labute approximate surface area is 125 Å². The highest BCUT2D eigenvalue weighted by molar-refractivity contribution is 7.80. The number of nitrogens with zero attached hydrogens (tertiary/aromatic N) is 1. The van der Waals surface area contributed by atoms with Crippen LogP contribution in [0.4, 0.5) is 0 Å². The minimum atomic E-state index is -0.970. The summed E-state index contributed by atoms with van der Waals surface area (Å²) in [5.74, 6) is -0.516. The molecule has 0 spiro atoms. The molecule has 1 heterocycles. The predicted molar refractivity (Wildman–Crippen MR) is 81.3 cm³/mol. The number of hydrogen-bond donors (Lipinski definition) is 2. The van der Waals surface area contributed by atoms with Crippen LogP contribution in [0.5, 0.6) is 0 Å². The average molecular weight is 308 g/mol. The first-order valence-electron chi connectivity index (χ1n) is 6.24. The lowest BCUT2D eigenvalue weighted by atomic mass is 9.76. The number of amides is 2. The van der Waals surface area contributed by atoms with Crippen LogP contribution in [0.1, 0.15) is 32.6 Å². The first kappa shape index (κ1) is 18.3. The van der Waals surface area contributed by atoms with Crippen molar-refractivity contribution < 1.29 is 9.59 Å². The fourth-order valence-corrected chi connectivity index (χ4v) is 2.24. The van der Waals surface area contributed by atoms with Gasteiger partial charge in [-0.25, -0.2) is 0 Å². The van der Waals surface area contributed by atoms with Crippen LogP contribution in [0.3, 0.4) is 0 Å². The van der Waals surface area contributed by atoms with Gasteiger partial charge in [0.15, 0.2) is 5.11 Å². The number of thiocarbonyl (C=S) groups is 1. The Morgan fingerprint density at radius 1 is 1.16 bits per heavy atom. The minimum Gasteiger partial charge on any atom is -0.309 e. The van der Waals surface area contributed by atoms with Gasteiger partial charge in [0, 0.05) is 0 Å². The molecule has 19 heavy (non-hydrogen) atoms. The Hall–Kier alpha value is -0.720. The van der Waals surface area contributed by atoms with Crippen LogP contribution in [0, 0.1) is 5.41 Å². The number of hydrogen-bond acceptors (Lipinski definition) is 4. The third-order valence-electron chi connectivity index (χ3n) is 3.27. The molecule has 2 amide bonds. The molecular formula is C12H22ClN3O2S. The minimum absolute atomic E-state index is 0. The van der Waals surface area contributed by atoms with Gasteiger partial charge in [-0.1, -0.05) is 19.8 Å². The summed E-state index contributed by atoms with van der Waals surface area (Å²) in [5, 5.41) is 5.26. The molecule has 1 rings (SSSR count). The lowest BCUT2D eigenvalue weighted by Gasteiger charge is -2.35. The highest BCUT2D eigenvalue weighted by Gasteiger charge is 2.48. The zero-order valence-electron chi connectivity index (χ0n) is 11.6. The summed E-state index contributed by atoms with van der Waals surface area (Å²) in [4.78, 5) is 26.3. The molecule has 1 aliphatic heterocycles. The van der Waals surface area contributed by atoms with Crippen molar-refractivity contribution in [2.75, 3.05) is 20.6 Å². The number of unbranched alkanes of at least 4 members (excludes halogenated alkanes) is 1. The molecule has 0 aromatic carbocycles. The maximum absolute atomic E-state index is 12.2. The molecule has 5 nitrogen and oxygen atoms in total. The van der Waals surface area contributed by atoms with Gasteiger partial charge in [-0.2, -0.15) is 0 Å². The lowest BCUT2D eigenvalue weighted by molar-refractivity contribution is -0.145. The molecule has 1 saturated heterocycles. The van der Waals surface area contributed by atoms with Crippen molar-refractivity contribution in [1.29, 1.82) is 0 Å². The number of nitrogens with one attached hydrogen (secondary N) is 2. The van der Waals surface area contributed by atoms with E-state index in [-0.39, 0.29) is 29.3 Å². The van der Waals surface area contributed by atoms with Crippen molar-refractivity contribution in [3.05, 3.63) is 0 Å². The summed E-state index contributed by atoms with van der Waals surface area (Å²) in [7, 11) is 3.85. The molecule has 0 aromatic rings. The van der Waals surface area contributed by atoms with Gasteiger partial charge in [-0.05, 0) is 45.7 Å². The van der Waals surface area contributed by atoms with Gasteiger partial charge in [0.1, 0.15) is 5.41 Å². The molecule has 0 aliphatic carbocycles. The first-order chi connectivity index (χ1) is 8.42. The van der Waals surface area contributed by atoms with E-state index in [4.69, 9.17) is 12.2 Å². The van der Waals surface area contributed by atoms with Gasteiger partial charge in [0.2, 0.25) is 11.8 Å². The van der Waals surface area contributed by atoms with Crippen LogP contribution < -0.4 is 10.6 Å². The lowest BCUT2D eigenvalue weighted by Crippen LogP contribution is -2.62. The van der Waals surface area contributed by atoms with Gasteiger partial charge >= 0.3 is 0 Å². The van der Waals surface area contributed by atoms with Crippen LogP contribution in [-0.2, 0) is 9.59 Å². The molecule has 2 N–H and O–H groups in total. The number of halogens is 1. The summed E-state index contributed by atoms with van der Waals surface area (Å²) < 4.78 is 0. The van der Waals surface area contributed by atoms with Crippen LogP contribution in [-0.4, -0.2) is 42.5 Å². The Balaban J connectivity index is 0.00000324. The Kier molecular flexibility index (Phi) is 7.47. The third kappa shape index (κ3) is 4.40. The van der Waals surface area contributed by atoms with E-state index in [1.54, 1.807) is 0 Å². The second-order valence-electron chi connectivity index (χ2n) is 4.98. The highest BCUT2D eigenvalue weighted by Crippen LogP contribution is 2.31. The molecule has 0 radical (unpaired) electrons. The normalized spacial score (nSPS) is 17.8. The number of carbonyl (C=O) groups excluding carboxylic acids is 2. The van der Waals surface area contributed by atoms with E-state index in [0.29, 0.717) is 19.4 Å². The summed E-state index contributed by atoms with van der Waals surface area (Å²) in [5.41, 5.74) is -0.970. The molecule has 0 aromatic heterocycles. The molecule has 7 heteroatoms. The van der Waals surface area contributed by atoms with Crippen LogP contribution in [0.25, 0.3) is 0 Å². The fourth-order valence-electron chi connectivity index (χ4n) is 2.05. The molecular weight excluding hydrogens is 286 g/mol. The van der Waals surface area contributed by atoms with E-state index in [0.717, 1.165) is 12.8 Å². The van der Waals surface area contributed by atoms with E-state index in [2.05, 4.69) is 10.6 Å². The van der Waals surface area contributed by atoms with Gasteiger partial charge < -0.3 is 15.5 Å². The molecule has 0 atom stereocenters. The molecule has 1 fully saturated rings. The van der Waals surface area contributed by atoms with Gasteiger partial charge in [-0.15, -0.1) is 12.4 Å². The summed E-state index contributed by atoms with van der Waals surface area (Å²) in [6.45, 7) is 2.74. The maximum atomic E-state index is 12.2. The van der Waals surface area contributed by atoms with Gasteiger partial charge in [0.05, 0.1) is 0 Å². The third-order valence-corrected chi connectivity index (χ3v) is 3.47. The summed E-state index contributed by atoms with van der Waals surface area (Å²) in [6.07, 6.45) is 2.88. The van der Waals surface area contributed by atoms with Crippen molar-refractivity contribution in [2.45, 2.75) is 32.6 Å². The highest BCUT2D eigenvalue weighted by atomic mass is 35.5. The monoisotopic (exact) mass is 307 g/mol. The largest absolute Gasteiger partial charge is 0.309 e. The van der Waals surface area contributed by atoms with Gasteiger partial charge in [0.25, 0.3) is 0 Å². The molecule has 0 bridgehead atoms. The molecule has 110 valence electrons. The quantitative estimate of drug-likeness (QED) is 0.569. The number of rotatable bonds is 6. The van der Waals surface area contributed by atoms with Crippen molar-refractivity contribution >= 4 is 41.6 Å². The number of carbonyl (C=O) groups is 2. The van der Waals surface area contributed by atoms with E-state index < -0.39 is 5.41 Å². The van der Waals surface area contributed by atoms with Crippen molar-refractivity contribution in [3.63, 3.8) is 0 Å². The maximum Gasteiger partial charge on any atom is 0.241 e. The molecule has 0 unspecified atom stereocenters. The Morgan fingerprint density at radius 2 is 1.68 bits per heavy atom. The van der Waals surface area contributed by atoms with Crippen LogP contribution >= 0.6 is 24.6 Å². The fraction of sp³-hybridized carbons (Fsp3) is 0.750. The summed E-state index contributed by atoms with van der Waals surface area (Å²) >= 11 is 4.84. The van der Waals surface area contributed by atoms with Gasteiger partial charge in [-0.3, -0.25) is 9.59 Å². The summed E-state index contributed by atoms with van der Waals surface area (Å²) in [6, 6.07) is 0. The average Bonchev–Trinajstić information content (AvgIpc) is 2.27. The zero-order valence-corrected chi connectivity index (χ0v) is 13.2. The van der Waals surface area contributed by atoms with Crippen molar-refractivity contribution in [3.8, 4) is 0 Å². The van der Waals surface area contributed by atoms with Crippen LogP contribution in [0.2, 0.25) is 0 Å². The van der Waals surface area contributed by atoms with E-state index >= 15 is 0 Å². The van der Waals surface area contributed by atoms with Crippen molar-refractivity contribution in [1.82, 2.24) is 15.5 Å². The Bertz CT molecular complexity index is 341. The zero-order chi connectivity index (χ0) is 13.8. The first-order valence-corrected chi connectivity index (χ1v) is 6.65. The van der Waals surface area contributed by atoms with Crippen LogP contribution in [0.15, 0.2) is 0 Å². The topological polar surface area (TPSA) is 61.4 Å². The van der Waals surface area contributed by atoms with E-state index in [9.17, 15) is 9.59 Å². The second-order valence-corrected chi connectivity index (χ2v) is 5.38. The van der Waals surface area contributed by atoms with E-state index in [1.807, 2.05) is 25.9 Å².